The van der Waals surface area contributed by atoms with Gasteiger partial charge in [-0.1, -0.05) is 15.9 Å². The second-order valence-corrected chi connectivity index (χ2v) is 6.40. The van der Waals surface area contributed by atoms with Crippen LogP contribution in [0.1, 0.15) is 24.0 Å². The van der Waals surface area contributed by atoms with Gasteiger partial charge in [-0.3, -0.25) is 4.79 Å². The zero-order chi connectivity index (χ0) is 12.4. The van der Waals surface area contributed by atoms with Crippen LogP contribution in [-0.4, -0.2) is 16.5 Å². The molecular formula is C13H16BrNOS. The third kappa shape index (κ3) is 2.86. The Bertz CT molecular complexity index is 447. The molecule has 0 aliphatic carbocycles. The summed E-state index contributed by atoms with van der Waals surface area (Å²) >= 11 is 5.10. The zero-order valence-electron chi connectivity index (χ0n) is 10.0. The second kappa shape index (κ2) is 5.44. The second-order valence-electron chi connectivity index (χ2n) is 4.36. The lowest BCUT2D eigenvalue weighted by molar-refractivity contribution is -0.115. The molecule has 1 aliphatic rings. The number of hydrogen-bond donors (Lipinski definition) is 1. The summed E-state index contributed by atoms with van der Waals surface area (Å²) in [6.45, 7) is 4.18. The van der Waals surface area contributed by atoms with Crippen molar-refractivity contribution in [2.45, 2.75) is 36.8 Å². The van der Waals surface area contributed by atoms with E-state index in [1.807, 2.05) is 0 Å². The highest BCUT2D eigenvalue weighted by molar-refractivity contribution is 9.09. The molecule has 0 saturated heterocycles. The van der Waals surface area contributed by atoms with E-state index in [1.165, 1.54) is 16.0 Å². The molecule has 1 heterocycles. The number of aryl methyl sites for hydroxylation is 2. The number of alkyl halides is 1. The first kappa shape index (κ1) is 13.0. The monoisotopic (exact) mass is 313 g/mol. The van der Waals surface area contributed by atoms with Gasteiger partial charge >= 0.3 is 0 Å². The van der Waals surface area contributed by atoms with Gasteiger partial charge in [-0.05, 0) is 49.9 Å². The number of thioether (sulfide) groups is 1. The molecule has 0 aromatic heterocycles. The summed E-state index contributed by atoms with van der Waals surface area (Å²) in [5, 5.41) is 4.02. The van der Waals surface area contributed by atoms with E-state index in [1.54, 1.807) is 11.8 Å². The molecule has 1 aromatic carbocycles. The van der Waals surface area contributed by atoms with E-state index in [4.69, 9.17) is 0 Å². The topological polar surface area (TPSA) is 29.1 Å². The van der Waals surface area contributed by atoms with E-state index in [-0.39, 0.29) is 11.2 Å². The molecule has 2 nitrogen and oxygen atoms in total. The lowest BCUT2D eigenvalue weighted by Gasteiger charge is -2.24. The van der Waals surface area contributed by atoms with Gasteiger partial charge in [0.2, 0.25) is 5.91 Å². The third-order valence-electron chi connectivity index (χ3n) is 3.02. The fraction of sp³-hybridized carbons (Fsp3) is 0.462. The van der Waals surface area contributed by atoms with Gasteiger partial charge in [-0.15, -0.1) is 11.8 Å². The highest BCUT2D eigenvalue weighted by atomic mass is 79.9. The summed E-state index contributed by atoms with van der Waals surface area (Å²) in [6, 6.07) is 4.24. The van der Waals surface area contributed by atoms with Crippen molar-refractivity contribution in [1.29, 1.82) is 0 Å². The average molecular weight is 314 g/mol. The van der Waals surface area contributed by atoms with Crippen molar-refractivity contribution in [2.24, 2.45) is 0 Å². The van der Waals surface area contributed by atoms with Crippen LogP contribution in [0.15, 0.2) is 17.0 Å². The molecule has 0 fully saturated rings. The van der Waals surface area contributed by atoms with Gasteiger partial charge in [-0.2, -0.15) is 0 Å². The van der Waals surface area contributed by atoms with E-state index in [9.17, 15) is 4.79 Å². The molecule has 1 amide bonds. The number of carbonyl (C=O) groups excluding carboxylic acids is 1. The van der Waals surface area contributed by atoms with Gasteiger partial charge < -0.3 is 5.32 Å². The highest BCUT2D eigenvalue weighted by Crippen LogP contribution is 2.38. The summed E-state index contributed by atoms with van der Waals surface area (Å²) in [4.78, 5) is 13.1. The lowest BCUT2D eigenvalue weighted by Crippen LogP contribution is -2.29. The Kier molecular flexibility index (Phi) is 4.15. The number of benzene rings is 1. The molecule has 17 heavy (non-hydrogen) atoms. The van der Waals surface area contributed by atoms with Gasteiger partial charge in [0.1, 0.15) is 0 Å². The minimum absolute atomic E-state index is 0.0576. The molecule has 0 radical (unpaired) electrons. The van der Waals surface area contributed by atoms with Crippen molar-refractivity contribution in [3.63, 3.8) is 0 Å². The number of fused-ring (bicyclic) bond motifs is 1. The summed E-state index contributed by atoms with van der Waals surface area (Å²) in [6.07, 6.45) is 1.96. The van der Waals surface area contributed by atoms with Crippen LogP contribution in [0.4, 0.5) is 5.69 Å². The van der Waals surface area contributed by atoms with Crippen molar-refractivity contribution in [3.05, 3.63) is 23.3 Å². The first-order chi connectivity index (χ1) is 8.11. The Morgan fingerprint density at radius 3 is 2.76 bits per heavy atom. The standard InChI is InChI=1S/C13H16BrNOS/c1-8-6-10-12(7-9(8)2)17-11(4-3-5-14)13(16)15-10/h6-7,11H,3-5H2,1-2H3,(H,15,16). The maximum Gasteiger partial charge on any atom is 0.237 e. The molecule has 0 saturated carbocycles. The van der Waals surface area contributed by atoms with Crippen molar-refractivity contribution < 1.29 is 4.79 Å². The van der Waals surface area contributed by atoms with Crippen molar-refractivity contribution in [2.75, 3.05) is 10.6 Å². The van der Waals surface area contributed by atoms with Crippen molar-refractivity contribution >= 4 is 39.3 Å². The van der Waals surface area contributed by atoms with E-state index >= 15 is 0 Å². The number of carbonyl (C=O) groups is 1. The molecule has 0 spiro atoms. The maximum atomic E-state index is 11.9. The Morgan fingerprint density at radius 1 is 1.35 bits per heavy atom. The normalized spacial score (nSPS) is 18.8. The van der Waals surface area contributed by atoms with Gasteiger partial charge in [0.15, 0.2) is 0 Å². The first-order valence-electron chi connectivity index (χ1n) is 5.76. The Labute approximate surface area is 115 Å². The van der Waals surface area contributed by atoms with Crippen molar-refractivity contribution in [1.82, 2.24) is 0 Å². The van der Waals surface area contributed by atoms with Crippen LogP contribution in [0, 0.1) is 13.8 Å². The Hall–Kier alpha value is -0.480. The number of hydrogen-bond acceptors (Lipinski definition) is 2. The Morgan fingerprint density at radius 2 is 2.06 bits per heavy atom. The number of anilines is 1. The van der Waals surface area contributed by atoms with Gasteiger partial charge in [0, 0.05) is 10.2 Å². The highest BCUT2D eigenvalue weighted by Gasteiger charge is 2.26. The minimum atomic E-state index is 0.0576. The predicted octanol–water partition coefficient (Wildman–Crippen LogP) is 3.89. The molecule has 0 bridgehead atoms. The largest absolute Gasteiger partial charge is 0.324 e. The van der Waals surface area contributed by atoms with Crippen LogP contribution in [0.5, 0.6) is 0 Å². The van der Waals surface area contributed by atoms with Gasteiger partial charge in [0.25, 0.3) is 0 Å². The fourth-order valence-corrected chi connectivity index (χ4v) is 3.42. The average Bonchev–Trinajstić information content (AvgIpc) is 2.29. The van der Waals surface area contributed by atoms with Crippen LogP contribution < -0.4 is 5.32 Å². The maximum absolute atomic E-state index is 11.9. The van der Waals surface area contributed by atoms with Crippen LogP contribution in [0.3, 0.4) is 0 Å². The zero-order valence-corrected chi connectivity index (χ0v) is 12.5. The summed E-state index contributed by atoms with van der Waals surface area (Å²) < 4.78 is 0. The van der Waals surface area contributed by atoms with E-state index in [0.717, 1.165) is 23.9 Å². The molecule has 1 aliphatic heterocycles. The van der Waals surface area contributed by atoms with Gasteiger partial charge in [0.05, 0.1) is 10.9 Å². The van der Waals surface area contributed by atoms with E-state index in [0.29, 0.717) is 0 Å². The number of amides is 1. The summed E-state index contributed by atoms with van der Waals surface area (Å²) in [7, 11) is 0. The number of nitrogens with one attached hydrogen (secondary N) is 1. The number of halogens is 1. The molecule has 92 valence electrons. The smallest absolute Gasteiger partial charge is 0.237 e. The predicted molar refractivity (Wildman–Crippen MR) is 77.2 cm³/mol. The fourth-order valence-electron chi connectivity index (χ4n) is 1.86. The SMILES string of the molecule is Cc1cc2c(cc1C)SC(CCCBr)C(=O)N2. The third-order valence-corrected chi connectivity index (χ3v) is 4.90. The molecule has 1 atom stereocenters. The minimum Gasteiger partial charge on any atom is -0.324 e. The molecule has 1 unspecified atom stereocenters. The van der Waals surface area contributed by atoms with E-state index in [2.05, 4.69) is 47.2 Å². The lowest BCUT2D eigenvalue weighted by atomic mass is 10.1. The summed E-state index contributed by atoms with van der Waals surface area (Å²) in [5.74, 6) is 0.145. The quantitative estimate of drug-likeness (QED) is 0.858. The molecule has 1 aromatic rings. The van der Waals surface area contributed by atoms with Gasteiger partial charge in [-0.25, -0.2) is 0 Å². The van der Waals surface area contributed by atoms with Crippen LogP contribution in [-0.2, 0) is 4.79 Å². The Balaban J connectivity index is 2.22. The molecule has 1 N–H and O–H groups in total. The van der Waals surface area contributed by atoms with Crippen molar-refractivity contribution in [3.8, 4) is 0 Å². The van der Waals surface area contributed by atoms with E-state index < -0.39 is 0 Å². The van der Waals surface area contributed by atoms with Crippen LogP contribution in [0.25, 0.3) is 0 Å². The first-order valence-corrected chi connectivity index (χ1v) is 7.76. The number of rotatable bonds is 3. The molecular weight excluding hydrogens is 298 g/mol. The summed E-state index contributed by atoms with van der Waals surface area (Å²) in [5.41, 5.74) is 3.48. The molecule has 2 rings (SSSR count). The van der Waals surface area contributed by atoms with Crippen LogP contribution in [0.2, 0.25) is 0 Å². The van der Waals surface area contributed by atoms with Crippen LogP contribution >= 0.6 is 27.7 Å². The molecule has 4 heteroatoms.